The van der Waals surface area contributed by atoms with E-state index in [-0.39, 0.29) is 30.6 Å². The number of fused-ring (bicyclic) bond motifs is 1. The van der Waals surface area contributed by atoms with Gasteiger partial charge in [0.15, 0.2) is 5.78 Å². The summed E-state index contributed by atoms with van der Waals surface area (Å²) in [4.78, 5) is 31.8. The van der Waals surface area contributed by atoms with Gasteiger partial charge in [-0.05, 0) is 62.7 Å². The van der Waals surface area contributed by atoms with Crippen LogP contribution in [-0.4, -0.2) is 36.7 Å². The van der Waals surface area contributed by atoms with Crippen molar-refractivity contribution in [2.45, 2.75) is 37.6 Å². The monoisotopic (exact) mass is 520 g/mol. The second kappa shape index (κ2) is 13.4. The van der Waals surface area contributed by atoms with Crippen LogP contribution in [0.4, 0.5) is 5.69 Å². The highest BCUT2D eigenvalue weighted by Gasteiger charge is 2.30. The molecule has 0 unspecified atom stereocenters. The number of unbranched alkanes of at least 4 members (excludes halogenated alkanes) is 1. The molecule has 0 fully saturated rings. The summed E-state index contributed by atoms with van der Waals surface area (Å²) in [5.41, 5.74) is 4.25. The highest BCUT2D eigenvalue weighted by atomic mass is 35.5. The highest BCUT2D eigenvalue weighted by Crippen LogP contribution is 2.42. The summed E-state index contributed by atoms with van der Waals surface area (Å²) in [6, 6.07) is 26.3. The lowest BCUT2D eigenvalue weighted by Crippen LogP contribution is -2.38. The second-order valence-corrected chi connectivity index (χ2v) is 10.2. The van der Waals surface area contributed by atoms with Gasteiger partial charge in [0.2, 0.25) is 0 Å². The molecule has 6 heteroatoms. The Morgan fingerprint density at radius 1 is 0.972 bits per heavy atom. The number of Topliss-reactive ketones (excluding diaryl/α,β-unsaturated/α-hetero) is 1. The van der Waals surface area contributed by atoms with E-state index >= 15 is 0 Å². The number of hydrogen-bond acceptors (Lipinski definition) is 4. The summed E-state index contributed by atoms with van der Waals surface area (Å²) < 4.78 is 0. The normalized spacial score (nSPS) is 14.0. The molecule has 0 aliphatic carbocycles. The maximum absolute atomic E-state index is 13.4. The minimum atomic E-state index is -0.105. The van der Waals surface area contributed by atoms with Crippen LogP contribution in [0.5, 0.6) is 0 Å². The third kappa shape index (κ3) is 7.57. The maximum Gasteiger partial charge on any atom is 0.265 e. The number of amides is 1. The van der Waals surface area contributed by atoms with Crippen LogP contribution in [0.1, 0.15) is 36.0 Å². The molecule has 3 aromatic carbocycles. The van der Waals surface area contributed by atoms with Gasteiger partial charge in [-0.3, -0.25) is 14.5 Å². The van der Waals surface area contributed by atoms with Crippen LogP contribution in [0, 0.1) is 6.92 Å². The van der Waals surface area contributed by atoms with Gasteiger partial charge in [-0.25, -0.2) is 0 Å². The summed E-state index contributed by atoms with van der Waals surface area (Å²) >= 11 is 1.48. The van der Waals surface area contributed by atoms with Gasteiger partial charge in [-0.15, -0.1) is 12.4 Å². The number of carbonyl (C=O) groups excluding carboxylic acids is 2. The average molecular weight is 521 g/mol. The van der Waals surface area contributed by atoms with Gasteiger partial charge in [-0.1, -0.05) is 84.1 Å². The minimum Gasteiger partial charge on any atom is -0.302 e. The molecule has 0 saturated carbocycles. The van der Waals surface area contributed by atoms with Gasteiger partial charge >= 0.3 is 0 Å². The third-order valence-electron chi connectivity index (χ3n) is 6.05. The first-order chi connectivity index (χ1) is 17.0. The first kappa shape index (κ1) is 27.7. The van der Waals surface area contributed by atoms with Crippen LogP contribution in [0.2, 0.25) is 0 Å². The molecule has 0 bridgehead atoms. The van der Waals surface area contributed by atoms with Crippen LogP contribution in [0.3, 0.4) is 0 Å². The Morgan fingerprint density at radius 2 is 1.72 bits per heavy atom. The highest BCUT2D eigenvalue weighted by molar-refractivity contribution is 8.04. The van der Waals surface area contributed by atoms with Crippen molar-refractivity contribution < 1.29 is 9.59 Å². The smallest absolute Gasteiger partial charge is 0.265 e. The van der Waals surface area contributed by atoms with E-state index in [1.54, 1.807) is 4.90 Å². The van der Waals surface area contributed by atoms with Gasteiger partial charge in [0, 0.05) is 17.9 Å². The lowest BCUT2D eigenvalue weighted by atomic mass is 10.1. The quantitative estimate of drug-likeness (QED) is 0.218. The van der Waals surface area contributed by atoms with E-state index in [1.807, 2.05) is 61.5 Å². The Hall–Kier alpha value is -2.86. The Kier molecular flexibility index (Phi) is 10.4. The standard InChI is InChI=1S/C30H32N2O2S.ClH/c1-23-11-10-14-25(19-23)20-29-30(34)32(27-16-6-7-17-28(27)35-29)22-26(33)15-8-9-18-31(2)21-24-12-4-3-5-13-24;/h3-7,10-14,16-17,19-20H,8-9,15,18,21-22H2,1-2H3;1H/b29-20-;. The van der Waals surface area contributed by atoms with Crippen molar-refractivity contribution in [3.63, 3.8) is 0 Å². The van der Waals surface area contributed by atoms with Gasteiger partial charge in [0.1, 0.15) is 0 Å². The Morgan fingerprint density at radius 3 is 2.50 bits per heavy atom. The van der Waals surface area contributed by atoms with Crippen LogP contribution in [-0.2, 0) is 16.1 Å². The molecule has 4 nitrogen and oxygen atoms in total. The van der Waals surface area contributed by atoms with Crippen molar-refractivity contribution in [3.8, 4) is 0 Å². The molecule has 0 saturated heterocycles. The second-order valence-electron chi connectivity index (χ2n) is 9.10. The molecule has 1 amide bonds. The first-order valence-electron chi connectivity index (χ1n) is 12.1. The summed E-state index contributed by atoms with van der Waals surface area (Å²) in [6.45, 7) is 3.99. The van der Waals surface area contributed by atoms with Crippen molar-refractivity contribution in [1.29, 1.82) is 0 Å². The lowest BCUT2D eigenvalue weighted by molar-refractivity contribution is -0.121. The van der Waals surface area contributed by atoms with E-state index in [0.29, 0.717) is 11.3 Å². The molecule has 3 aromatic rings. The first-order valence-corrected chi connectivity index (χ1v) is 12.9. The number of aryl methyl sites for hydroxylation is 1. The van der Waals surface area contributed by atoms with Crippen molar-refractivity contribution in [2.75, 3.05) is 25.0 Å². The average Bonchev–Trinajstić information content (AvgIpc) is 2.85. The number of ketones is 1. The zero-order valence-electron chi connectivity index (χ0n) is 20.9. The molecule has 0 N–H and O–H groups in total. The zero-order chi connectivity index (χ0) is 24.6. The molecule has 1 aliphatic heterocycles. The van der Waals surface area contributed by atoms with Gasteiger partial charge in [0.25, 0.3) is 5.91 Å². The molecule has 188 valence electrons. The molecule has 36 heavy (non-hydrogen) atoms. The van der Waals surface area contributed by atoms with Crippen LogP contribution in [0.15, 0.2) is 88.7 Å². The molecule has 0 atom stereocenters. The number of anilines is 1. The molecule has 1 aliphatic rings. The van der Waals surface area contributed by atoms with Crippen molar-refractivity contribution in [1.82, 2.24) is 4.90 Å². The summed E-state index contributed by atoms with van der Waals surface area (Å²) in [5.74, 6) is -0.00757. The number of thioether (sulfide) groups is 1. The van der Waals surface area contributed by atoms with Crippen LogP contribution < -0.4 is 4.90 Å². The summed E-state index contributed by atoms with van der Waals surface area (Å²) in [6.07, 6.45) is 4.18. The fraction of sp³-hybridized carbons (Fsp3) is 0.267. The molecular weight excluding hydrogens is 488 g/mol. The van der Waals surface area contributed by atoms with E-state index < -0.39 is 0 Å². The topological polar surface area (TPSA) is 40.6 Å². The third-order valence-corrected chi connectivity index (χ3v) is 7.12. The maximum atomic E-state index is 13.4. The number of carbonyl (C=O) groups is 2. The van der Waals surface area contributed by atoms with E-state index in [4.69, 9.17) is 0 Å². The van der Waals surface area contributed by atoms with Gasteiger partial charge in [0.05, 0.1) is 17.1 Å². The Labute approximate surface area is 224 Å². The fourth-order valence-corrected chi connectivity index (χ4v) is 5.32. The molecule has 0 aromatic heterocycles. The largest absolute Gasteiger partial charge is 0.302 e. The van der Waals surface area contributed by atoms with Crippen molar-refractivity contribution in [3.05, 3.63) is 100 Å². The number of halogens is 1. The summed E-state index contributed by atoms with van der Waals surface area (Å²) in [5, 5.41) is 0. The Bertz CT molecular complexity index is 1210. The van der Waals surface area contributed by atoms with Crippen molar-refractivity contribution in [2.24, 2.45) is 0 Å². The van der Waals surface area contributed by atoms with E-state index in [2.05, 4.69) is 42.3 Å². The number of hydrogen-bond donors (Lipinski definition) is 0. The fourth-order valence-electron chi connectivity index (χ4n) is 4.26. The minimum absolute atomic E-state index is 0. The summed E-state index contributed by atoms with van der Waals surface area (Å²) in [7, 11) is 2.11. The van der Waals surface area contributed by atoms with E-state index in [0.717, 1.165) is 47.6 Å². The Balaban J connectivity index is 0.00000361. The SMILES string of the molecule is Cc1cccc(/C=C2\Sc3ccccc3N(CC(=O)CCCCN(C)Cc3ccccc3)C2=O)c1.Cl. The predicted molar refractivity (Wildman–Crippen MR) is 153 cm³/mol. The van der Waals surface area contributed by atoms with E-state index in [9.17, 15) is 9.59 Å². The van der Waals surface area contributed by atoms with Crippen LogP contribution >= 0.6 is 24.2 Å². The van der Waals surface area contributed by atoms with Gasteiger partial charge in [-0.2, -0.15) is 0 Å². The number of benzene rings is 3. The molecule has 0 radical (unpaired) electrons. The number of rotatable bonds is 10. The van der Waals surface area contributed by atoms with E-state index in [1.165, 1.54) is 17.3 Å². The van der Waals surface area contributed by atoms with Crippen molar-refractivity contribution >= 4 is 47.6 Å². The molecule has 1 heterocycles. The predicted octanol–water partition coefficient (Wildman–Crippen LogP) is 6.77. The number of nitrogens with zero attached hydrogens (tertiary/aromatic N) is 2. The molecular formula is C30H33ClN2O2S. The zero-order valence-corrected chi connectivity index (χ0v) is 22.5. The van der Waals surface area contributed by atoms with Crippen LogP contribution in [0.25, 0.3) is 6.08 Å². The lowest BCUT2D eigenvalue weighted by Gasteiger charge is -2.30. The molecule has 4 rings (SSSR count). The molecule has 0 spiro atoms. The number of para-hydroxylation sites is 1. The van der Waals surface area contributed by atoms with Gasteiger partial charge < -0.3 is 4.90 Å².